The number of hydrogen-bond acceptors (Lipinski definition) is 3. The van der Waals surface area contributed by atoms with Crippen LogP contribution in [0.15, 0.2) is 26.7 Å². The molecule has 0 saturated carbocycles. The smallest absolute Gasteiger partial charge is 0.307 e. The van der Waals surface area contributed by atoms with E-state index in [2.05, 4.69) is 27.8 Å². The molecule has 1 aromatic heterocycles. The van der Waals surface area contributed by atoms with E-state index in [1.54, 1.807) is 7.05 Å². The topological polar surface area (TPSA) is 56.0 Å². The van der Waals surface area contributed by atoms with Crippen molar-refractivity contribution in [3.05, 3.63) is 43.7 Å². The Kier molecular flexibility index (Phi) is 4.26. The van der Waals surface area contributed by atoms with E-state index in [0.717, 1.165) is 9.05 Å². The second-order valence-corrected chi connectivity index (χ2v) is 4.62. The summed E-state index contributed by atoms with van der Waals surface area (Å²) in [5.41, 5.74) is 0.0430. The SMILES string of the molecule is C=C(Br)CNCc1cc(=O)n(C)c(=O)n1C. The van der Waals surface area contributed by atoms with Crippen LogP contribution < -0.4 is 16.6 Å². The molecule has 0 spiro atoms. The predicted molar refractivity (Wildman–Crippen MR) is 66.7 cm³/mol. The Morgan fingerprint density at radius 1 is 1.44 bits per heavy atom. The fraction of sp³-hybridized carbons (Fsp3) is 0.400. The molecule has 0 aliphatic carbocycles. The molecule has 1 rings (SSSR count). The number of halogens is 1. The first kappa shape index (κ1) is 12.9. The van der Waals surface area contributed by atoms with Crippen molar-refractivity contribution in [1.29, 1.82) is 0 Å². The molecule has 0 aliphatic rings. The third kappa shape index (κ3) is 2.93. The summed E-state index contributed by atoms with van der Waals surface area (Å²) < 4.78 is 3.35. The standard InChI is InChI=1S/C10H14BrN3O2/c1-7(11)5-12-6-8-4-9(15)14(3)10(16)13(8)2/h4,12H,1,5-6H2,2-3H3. The highest BCUT2D eigenvalue weighted by Crippen LogP contribution is 1.98. The second kappa shape index (κ2) is 5.27. The zero-order valence-electron chi connectivity index (χ0n) is 9.29. The Morgan fingerprint density at radius 2 is 2.06 bits per heavy atom. The maximum absolute atomic E-state index is 11.6. The van der Waals surface area contributed by atoms with Crippen LogP contribution in [0.5, 0.6) is 0 Å². The molecule has 0 aromatic carbocycles. The van der Waals surface area contributed by atoms with Crippen LogP contribution in [0, 0.1) is 0 Å². The summed E-state index contributed by atoms with van der Waals surface area (Å²) in [6.07, 6.45) is 0. The van der Waals surface area contributed by atoms with E-state index in [0.29, 0.717) is 18.8 Å². The summed E-state index contributed by atoms with van der Waals surface area (Å²) >= 11 is 3.22. The molecule has 1 aromatic rings. The van der Waals surface area contributed by atoms with E-state index in [9.17, 15) is 9.59 Å². The highest BCUT2D eigenvalue weighted by Gasteiger charge is 2.04. The lowest BCUT2D eigenvalue weighted by Crippen LogP contribution is -2.39. The fourth-order valence-electron chi connectivity index (χ4n) is 1.27. The van der Waals surface area contributed by atoms with E-state index in [-0.39, 0.29) is 11.2 Å². The molecule has 0 radical (unpaired) electrons. The number of hydrogen-bond donors (Lipinski definition) is 1. The largest absolute Gasteiger partial charge is 0.330 e. The van der Waals surface area contributed by atoms with Gasteiger partial charge in [-0.05, 0) is 0 Å². The summed E-state index contributed by atoms with van der Waals surface area (Å²) in [5.74, 6) is 0. The van der Waals surface area contributed by atoms with Crippen molar-refractivity contribution in [2.75, 3.05) is 6.54 Å². The van der Waals surface area contributed by atoms with Gasteiger partial charge >= 0.3 is 5.69 Å². The Hall–Kier alpha value is -1.14. The highest BCUT2D eigenvalue weighted by molar-refractivity contribution is 9.11. The lowest BCUT2D eigenvalue weighted by atomic mass is 10.4. The van der Waals surface area contributed by atoms with Crippen LogP contribution in [0.3, 0.4) is 0 Å². The predicted octanol–water partition coefficient (Wildman–Crippen LogP) is 0.0822. The van der Waals surface area contributed by atoms with Crippen molar-refractivity contribution >= 4 is 15.9 Å². The van der Waals surface area contributed by atoms with Gasteiger partial charge in [0.25, 0.3) is 5.56 Å². The van der Waals surface area contributed by atoms with Crippen molar-refractivity contribution in [3.63, 3.8) is 0 Å². The molecule has 0 bridgehead atoms. The fourth-order valence-corrected chi connectivity index (χ4v) is 1.47. The number of nitrogens with one attached hydrogen (secondary N) is 1. The van der Waals surface area contributed by atoms with E-state index in [4.69, 9.17) is 0 Å². The summed E-state index contributed by atoms with van der Waals surface area (Å²) in [6.45, 7) is 4.72. The van der Waals surface area contributed by atoms with Gasteiger partial charge in [0.05, 0.1) is 0 Å². The quantitative estimate of drug-likeness (QED) is 0.854. The summed E-state index contributed by atoms with van der Waals surface area (Å²) in [5, 5.41) is 3.06. The van der Waals surface area contributed by atoms with Gasteiger partial charge in [-0.1, -0.05) is 22.5 Å². The summed E-state index contributed by atoms with van der Waals surface area (Å²) in [4.78, 5) is 23.0. The lowest BCUT2D eigenvalue weighted by molar-refractivity contribution is 0.618. The number of aromatic nitrogens is 2. The number of nitrogens with zero attached hydrogens (tertiary/aromatic N) is 2. The van der Waals surface area contributed by atoms with Crippen LogP contribution in [0.1, 0.15) is 5.69 Å². The molecular weight excluding hydrogens is 274 g/mol. The molecule has 5 nitrogen and oxygen atoms in total. The minimum atomic E-state index is -0.318. The Bertz CT molecular complexity index is 516. The molecule has 0 fully saturated rings. The van der Waals surface area contributed by atoms with Crippen molar-refractivity contribution in [1.82, 2.24) is 14.5 Å². The van der Waals surface area contributed by atoms with Crippen molar-refractivity contribution < 1.29 is 0 Å². The third-order valence-corrected chi connectivity index (χ3v) is 2.53. The maximum Gasteiger partial charge on any atom is 0.330 e. The van der Waals surface area contributed by atoms with Crippen LogP contribution >= 0.6 is 15.9 Å². The monoisotopic (exact) mass is 287 g/mol. The van der Waals surface area contributed by atoms with Gasteiger partial charge in [-0.3, -0.25) is 13.9 Å². The minimum absolute atomic E-state index is 0.294. The maximum atomic E-state index is 11.6. The van der Waals surface area contributed by atoms with Crippen LogP contribution in [0.4, 0.5) is 0 Å². The van der Waals surface area contributed by atoms with Gasteiger partial charge in [0, 0.05) is 43.4 Å². The summed E-state index contributed by atoms with van der Waals surface area (Å²) in [7, 11) is 3.10. The normalized spacial score (nSPS) is 10.4. The van der Waals surface area contributed by atoms with Gasteiger partial charge in [-0.2, -0.15) is 0 Å². The van der Waals surface area contributed by atoms with Crippen molar-refractivity contribution in [3.8, 4) is 0 Å². The second-order valence-electron chi connectivity index (χ2n) is 3.50. The highest BCUT2D eigenvalue weighted by atomic mass is 79.9. The van der Waals surface area contributed by atoms with E-state index in [1.165, 1.54) is 17.7 Å². The molecule has 0 amide bonds. The Labute approximate surface area is 102 Å². The van der Waals surface area contributed by atoms with Crippen LogP contribution in [-0.4, -0.2) is 15.7 Å². The van der Waals surface area contributed by atoms with Gasteiger partial charge in [-0.25, -0.2) is 4.79 Å². The zero-order valence-corrected chi connectivity index (χ0v) is 10.9. The first-order valence-corrected chi connectivity index (χ1v) is 5.52. The van der Waals surface area contributed by atoms with Gasteiger partial charge in [0.1, 0.15) is 0 Å². The van der Waals surface area contributed by atoms with Crippen LogP contribution in [0.25, 0.3) is 0 Å². The van der Waals surface area contributed by atoms with Crippen LogP contribution in [-0.2, 0) is 20.6 Å². The molecule has 0 unspecified atom stereocenters. The Balaban J connectivity index is 2.94. The van der Waals surface area contributed by atoms with E-state index >= 15 is 0 Å². The average Bonchev–Trinajstić information content (AvgIpc) is 2.22. The molecule has 16 heavy (non-hydrogen) atoms. The van der Waals surface area contributed by atoms with Gasteiger partial charge < -0.3 is 5.32 Å². The van der Waals surface area contributed by atoms with Crippen molar-refractivity contribution in [2.45, 2.75) is 6.54 Å². The van der Waals surface area contributed by atoms with Gasteiger partial charge in [-0.15, -0.1) is 0 Å². The van der Waals surface area contributed by atoms with E-state index in [1.807, 2.05) is 0 Å². The molecule has 88 valence electrons. The third-order valence-electron chi connectivity index (χ3n) is 2.25. The number of rotatable bonds is 4. The Morgan fingerprint density at radius 3 is 2.62 bits per heavy atom. The molecule has 1 heterocycles. The molecule has 0 atom stereocenters. The minimum Gasteiger partial charge on any atom is -0.307 e. The first-order valence-electron chi connectivity index (χ1n) is 4.73. The van der Waals surface area contributed by atoms with Gasteiger partial charge in [0.15, 0.2) is 0 Å². The molecular formula is C10H14BrN3O2. The summed E-state index contributed by atoms with van der Waals surface area (Å²) in [6, 6.07) is 1.45. The first-order chi connectivity index (χ1) is 7.43. The zero-order chi connectivity index (χ0) is 12.3. The molecule has 1 N–H and O–H groups in total. The van der Waals surface area contributed by atoms with Crippen LogP contribution in [0.2, 0.25) is 0 Å². The molecule has 0 saturated heterocycles. The van der Waals surface area contributed by atoms with Crippen molar-refractivity contribution in [2.24, 2.45) is 14.1 Å². The lowest BCUT2D eigenvalue weighted by Gasteiger charge is -2.09. The van der Waals surface area contributed by atoms with Gasteiger partial charge in [0.2, 0.25) is 0 Å². The molecule has 6 heteroatoms. The average molecular weight is 288 g/mol. The van der Waals surface area contributed by atoms with E-state index < -0.39 is 0 Å². The molecule has 0 aliphatic heterocycles.